The van der Waals surface area contributed by atoms with Crippen molar-refractivity contribution in [1.82, 2.24) is 5.32 Å². The van der Waals surface area contributed by atoms with Crippen LogP contribution in [0.1, 0.15) is 16.7 Å². The van der Waals surface area contributed by atoms with Gasteiger partial charge in [-0.05, 0) is 24.1 Å². The van der Waals surface area contributed by atoms with Gasteiger partial charge in [-0.1, -0.05) is 39.8 Å². The summed E-state index contributed by atoms with van der Waals surface area (Å²) in [6.07, 6.45) is 0. The molecule has 17 heavy (non-hydrogen) atoms. The van der Waals surface area contributed by atoms with Crippen LogP contribution in [-0.4, -0.2) is 17.6 Å². The van der Waals surface area contributed by atoms with Gasteiger partial charge in [-0.25, -0.2) is 0 Å². The summed E-state index contributed by atoms with van der Waals surface area (Å²) in [4.78, 5) is 0. The van der Waals surface area contributed by atoms with Crippen LogP contribution in [0, 0.1) is 6.92 Å². The molecule has 0 aliphatic carbocycles. The van der Waals surface area contributed by atoms with E-state index in [4.69, 9.17) is 10.9 Å². The Kier molecular flexibility index (Phi) is 5.18. The fourth-order valence-corrected chi connectivity index (χ4v) is 1.64. The number of nitrogens with one attached hydrogen (secondary N) is 1. The lowest BCUT2D eigenvalue weighted by molar-refractivity contribution is 0.318. The lowest BCUT2D eigenvalue weighted by atomic mass is 10.0. The number of hydrogen-bond acceptors (Lipinski definition) is 3. The van der Waals surface area contributed by atoms with Crippen LogP contribution in [0.4, 0.5) is 0 Å². The summed E-state index contributed by atoms with van der Waals surface area (Å²) in [6.45, 7) is 7.23. The number of hydrogen-bond donors (Lipinski definition) is 3. The van der Waals surface area contributed by atoms with E-state index in [1.165, 1.54) is 5.56 Å². The van der Waals surface area contributed by atoms with Gasteiger partial charge < -0.3 is 16.3 Å². The standard InChI is InChI=1S/C12H16BrN3O/c1-8-5-10(12(14)16-17)3-4-11(8)7-15-6-9(2)13/h3-5,15,17H,2,6-7H2,1H3,(H2,14,16). The predicted octanol–water partition coefficient (Wildman–Crippen LogP) is 2.09. The van der Waals surface area contributed by atoms with Crippen molar-refractivity contribution >= 4 is 21.8 Å². The molecular formula is C12H16BrN3O. The normalized spacial score (nSPS) is 11.5. The lowest BCUT2D eigenvalue weighted by Gasteiger charge is -2.09. The van der Waals surface area contributed by atoms with Crippen molar-refractivity contribution in [2.24, 2.45) is 10.9 Å². The number of aryl methyl sites for hydroxylation is 1. The summed E-state index contributed by atoms with van der Waals surface area (Å²) >= 11 is 3.29. The number of benzene rings is 1. The van der Waals surface area contributed by atoms with Gasteiger partial charge in [-0.15, -0.1) is 0 Å². The molecule has 0 amide bonds. The Bertz CT molecular complexity index is 443. The van der Waals surface area contributed by atoms with Crippen molar-refractivity contribution in [3.63, 3.8) is 0 Å². The number of oxime groups is 1. The molecule has 92 valence electrons. The van der Waals surface area contributed by atoms with E-state index >= 15 is 0 Å². The Morgan fingerprint density at radius 3 is 2.82 bits per heavy atom. The minimum absolute atomic E-state index is 0.126. The first kappa shape index (κ1) is 13.7. The first-order valence-electron chi connectivity index (χ1n) is 5.16. The second-order valence-electron chi connectivity index (χ2n) is 3.75. The van der Waals surface area contributed by atoms with Gasteiger partial charge in [0.25, 0.3) is 0 Å². The highest BCUT2D eigenvalue weighted by Gasteiger charge is 2.03. The molecule has 0 aromatic heterocycles. The number of nitrogens with zero attached hydrogens (tertiary/aromatic N) is 1. The van der Waals surface area contributed by atoms with E-state index in [1.807, 2.05) is 25.1 Å². The SMILES string of the molecule is C=C(Br)CNCc1ccc(/C(N)=N/O)cc1C. The summed E-state index contributed by atoms with van der Waals surface area (Å²) < 4.78 is 0.920. The molecule has 0 saturated carbocycles. The van der Waals surface area contributed by atoms with Gasteiger partial charge >= 0.3 is 0 Å². The van der Waals surface area contributed by atoms with E-state index in [9.17, 15) is 0 Å². The third-order valence-corrected chi connectivity index (χ3v) is 2.66. The van der Waals surface area contributed by atoms with Crippen LogP contribution >= 0.6 is 15.9 Å². The molecule has 4 N–H and O–H groups in total. The molecule has 1 aromatic carbocycles. The minimum atomic E-state index is 0.126. The van der Waals surface area contributed by atoms with Crippen LogP contribution in [-0.2, 0) is 6.54 Å². The van der Waals surface area contributed by atoms with E-state index in [0.717, 1.165) is 28.7 Å². The van der Waals surface area contributed by atoms with Gasteiger partial charge in [0.15, 0.2) is 5.84 Å². The lowest BCUT2D eigenvalue weighted by Crippen LogP contribution is -2.16. The summed E-state index contributed by atoms with van der Waals surface area (Å²) in [7, 11) is 0. The molecule has 1 aromatic rings. The zero-order valence-electron chi connectivity index (χ0n) is 9.70. The van der Waals surface area contributed by atoms with E-state index in [-0.39, 0.29) is 5.84 Å². The summed E-state index contributed by atoms with van der Waals surface area (Å²) in [5, 5.41) is 14.8. The molecule has 0 aliphatic heterocycles. The Labute approximate surface area is 109 Å². The molecular weight excluding hydrogens is 282 g/mol. The van der Waals surface area contributed by atoms with Crippen molar-refractivity contribution < 1.29 is 5.21 Å². The molecule has 5 heteroatoms. The number of halogens is 1. The topological polar surface area (TPSA) is 70.6 Å². The average molecular weight is 298 g/mol. The maximum Gasteiger partial charge on any atom is 0.170 e. The Morgan fingerprint density at radius 1 is 1.59 bits per heavy atom. The third-order valence-electron chi connectivity index (χ3n) is 2.38. The van der Waals surface area contributed by atoms with E-state index < -0.39 is 0 Å². The number of rotatable bonds is 5. The fraction of sp³-hybridized carbons (Fsp3) is 0.250. The maximum absolute atomic E-state index is 8.59. The highest BCUT2D eigenvalue weighted by atomic mass is 79.9. The molecule has 0 saturated heterocycles. The highest BCUT2D eigenvalue weighted by molar-refractivity contribution is 9.11. The summed E-state index contributed by atoms with van der Waals surface area (Å²) in [6, 6.07) is 5.70. The molecule has 0 fully saturated rings. The van der Waals surface area contributed by atoms with Gasteiger partial charge in [0.05, 0.1) is 0 Å². The van der Waals surface area contributed by atoms with Crippen molar-refractivity contribution in [3.05, 3.63) is 46.0 Å². The molecule has 1 rings (SSSR count). The van der Waals surface area contributed by atoms with Crippen LogP contribution in [0.3, 0.4) is 0 Å². The Hall–Kier alpha value is -1.33. The maximum atomic E-state index is 8.59. The van der Waals surface area contributed by atoms with Gasteiger partial charge in [-0.3, -0.25) is 0 Å². The monoisotopic (exact) mass is 297 g/mol. The van der Waals surface area contributed by atoms with Crippen LogP contribution in [0.5, 0.6) is 0 Å². The zero-order chi connectivity index (χ0) is 12.8. The predicted molar refractivity (Wildman–Crippen MR) is 73.5 cm³/mol. The van der Waals surface area contributed by atoms with Crippen molar-refractivity contribution in [1.29, 1.82) is 0 Å². The van der Waals surface area contributed by atoms with Crippen LogP contribution < -0.4 is 11.1 Å². The van der Waals surface area contributed by atoms with E-state index in [0.29, 0.717) is 0 Å². The number of amidine groups is 1. The van der Waals surface area contributed by atoms with Crippen molar-refractivity contribution in [2.45, 2.75) is 13.5 Å². The van der Waals surface area contributed by atoms with E-state index in [1.54, 1.807) is 0 Å². The van der Waals surface area contributed by atoms with Gasteiger partial charge in [-0.2, -0.15) is 0 Å². The van der Waals surface area contributed by atoms with Crippen LogP contribution in [0.2, 0.25) is 0 Å². The minimum Gasteiger partial charge on any atom is -0.409 e. The second kappa shape index (κ2) is 6.42. The number of nitrogens with two attached hydrogens (primary N) is 1. The fourth-order valence-electron chi connectivity index (χ4n) is 1.44. The van der Waals surface area contributed by atoms with E-state index in [2.05, 4.69) is 33.0 Å². The van der Waals surface area contributed by atoms with Crippen LogP contribution in [0.25, 0.3) is 0 Å². The largest absolute Gasteiger partial charge is 0.409 e. The zero-order valence-corrected chi connectivity index (χ0v) is 11.3. The summed E-state index contributed by atoms with van der Waals surface area (Å²) in [5.74, 6) is 0.126. The summed E-state index contributed by atoms with van der Waals surface area (Å²) in [5.41, 5.74) is 8.51. The second-order valence-corrected chi connectivity index (χ2v) is 4.87. The molecule has 0 spiro atoms. The Balaban J connectivity index is 2.73. The molecule has 0 bridgehead atoms. The van der Waals surface area contributed by atoms with Crippen molar-refractivity contribution in [3.8, 4) is 0 Å². The first-order chi connectivity index (χ1) is 8.04. The molecule has 0 radical (unpaired) electrons. The molecule has 0 heterocycles. The average Bonchev–Trinajstić information content (AvgIpc) is 2.29. The molecule has 4 nitrogen and oxygen atoms in total. The quantitative estimate of drug-likeness (QED) is 0.337. The Morgan fingerprint density at radius 2 is 2.29 bits per heavy atom. The van der Waals surface area contributed by atoms with Gasteiger partial charge in [0.1, 0.15) is 0 Å². The molecule has 0 unspecified atom stereocenters. The first-order valence-corrected chi connectivity index (χ1v) is 5.95. The van der Waals surface area contributed by atoms with Crippen LogP contribution in [0.15, 0.2) is 34.4 Å². The molecule has 0 atom stereocenters. The van der Waals surface area contributed by atoms with Crippen molar-refractivity contribution in [2.75, 3.05) is 6.54 Å². The smallest absolute Gasteiger partial charge is 0.170 e. The molecule has 0 aliphatic rings. The third kappa shape index (κ3) is 4.20. The van der Waals surface area contributed by atoms with Gasteiger partial charge in [0, 0.05) is 23.1 Å². The highest BCUT2D eigenvalue weighted by Crippen LogP contribution is 2.11. The van der Waals surface area contributed by atoms with Gasteiger partial charge in [0.2, 0.25) is 0 Å².